The molecule has 4 aliphatic carbocycles. The molecule has 2 aromatic carbocycles. The van der Waals surface area contributed by atoms with Crippen molar-refractivity contribution in [2.75, 3.05) is 112 Å². The van der Waals surface area contributed by atoms with E-state index in [4.69, 9.17) is 25.2 Å². The summed E-state index contributed by atoms with van der Waals surface area (Å²) in [4.78, 5) is 83.0. The summed E-state index contributed by atoms with van der Waals surface area (Å²) in [6.07, 6.45) is 22.8. The average Bonchev–Trinajstić information content (AvgIpc) is 3.45. The standard InChI is InChI=1S/C30H41N7O3.C24H29N5O4.C6H14N2/c1-35-15-11-21(12-16-35)32-27(38)20-9-10-23(25(17-20)40-3)33-29-31-18-24-26(34-29)37(22-7-4-5-8-22)19-30(13-6-14-30)28(39)36(24)2;1-28-18-13-25-23(26-17-9-8-15(21(30)31)12-19(17)33-2)27-20(18)29(16-6-3-4-7-16)14-24(22(28)32)10-5-11-24;1-8-4-2-6(7)3-5-8/h9-10,17-18,21-22H,4-8,11-16,19H2,1-3H3,(H,32,38)(H,31,33,34);8-9,12-13,16H,3-7,10-11,14H2,1-2H3,(H,30,31)(H,25,26,27);6H,2-5,7H2,1H3. The van der Waals surface area contributed by atoms with E-state index < -0.39 is 5.97 Å². The van der Waals surface area contributed by atoms with E-state index in [9.17, 15) is 24.3 Å². The minimum absolute atomic E-state index is 0.0921. The molecule has 436 valence electrons. The third-order valence-corrected chi connectivity index (χ3v) is 18.6. The number of carbonyl (C=O) groups excluding carboxylic acids is 3. The van der Waals surface area contributed by atoms with Gasteiger partial charge in [-0.05, 0) is 154 Å². The van der Waals surface area contributed by atoms with Crippen molar-refractivity contribution < 1.29 is 33.8 Å². The number of ether oxygens (including phenoxy) is 2. The van der Waals surface area contributed by atoms with E-state index in [1.54, 1.807) is 47.5 Å². The largest absolute Gasteiger partial charge is 0.495 e. The first-order chi connectivity index (χ1) is 39.1. The van der Waals surface area contributed by atoms with Crippen molar-refractivity contribution >= 4 is 70.0 Å². The number of nitrogens with one attached hydrogen (secondary N) is 3. The molecule has 21 heteroatoms. The zero-order chi connectivity index (χ0) is 57.0. The smallest absolute Gasteiger partial charge is 0.335 e. The Hall–Kier alpha value is -6.84. The topological polar surface area (TPSA) is 240 Å². The first kappa shape index (κ1) is 57.4. The molecule has 81 heavy (non-hydrogen) atoms. The number of aromatic nitrogens is 4. The first-order valence-electron chi connectivity index (χ1n) is 29.5. The van der Waals surface area contributed by atoms with Crippen LogP contribution in [-0.4, -0.2) is 164 Å². The molecule has 8 aliphatic rings. The van der Waals surface area contributed by atoms with E-state index in [1.165, 1.54) is 70.9 Å². The van der Waals surface area contributed by atoms with Gasteiger partial charge in [-0.2, -0.15) is 9.97 Å². The molecule has 0 bridgehead atoms. The lowest BCUT2D eigenvalue weighted by Gasteiger charge is -2.44. The summed E-state index contributed by atoms with van der Waals surface area (Å²) in [5, 5.41) is 18.9. The van der Waals surface area contributed by atoms with Crippen molar-refractivity contribution in [1.29, 1.82) is 0 Å². The molecule has 0 atom stereocenters. The van der Waals surface area contributed by atoms with E-state index in [1.807, 2.05) is 20.2 Å². The zero-order valence-corrected chi connectivity index (χ0v) is 48.3. The highest BCUT2D eigenvalue weighted by Gasteiger charge is 2.52. The molecule has 2 spiro atoms. The molecule has 6 heterocycles. The highest BCUT2D eigenvalue weighted by molar-refractivity contribution is 6.03. The average molecular weight is 1110 g/mol. The number of amides is 3. The predicted octanol–water partition coefficient (Wildman–Crippen LogP) is 7.81. The van der Waals surface area contributed by atoms with Crippen LogP contribution in [0.15, 0.2) is 48.8 Å². The lowest BCUT2D eigenvalue weighted by Crippen LogP contribution is -2.52. The number of benzene rings is 2. The van der Waals surface area contributed by atoms with Crippen molar-refractivity contribution in [1.82, 2.24) is 35.1 Å². The van der Waals surface area contributed by atoms with Crippen LogP contribution in [0.3, 0.4) is 0 Å². The Morgan fingerprint density at radius 3 is 1.42 bits per heavy atom. The van der Waals surface area contributed by atoms with Crippen LogP contribution in [0.4, 0.5) is 46.3 Å². The number of rotatable bonds is 11. The van der Waals surface area contributed by atoms with Gasteiger partial charge in [0.05, 0.1) is 54.4 Å². The third-order valence-electron chi connectivity index (χ3n) is 18.6. The monoisotopic (exact) mass is 1110 g/mol. The Balaban J connectivity index is 0.000000162. The molecule has 21 nitrogen and oxygen atoms in total. The maximum atomic E-state index is 13.5. The number of nitrogens with two attached hydrogens (primary N) is 1. The summed E-state index contributed by atoms with van der Waals surface area (Å²) < 4.78 is 11.0. The molecule has 12 rings (SSSR count). The minimum atomic E-state index is -1.02. The summed E-state index contributed by atoms with van der Waals surface area (Å²) in [5.74, 6) is 2.57. The molecular weight excluding hydrogens is 1030 g/mol. The highest BCUT2D eigenvalue weighted by Crippen LogP contribution is 2.51. The lowest BCUT2D eigenvalue weighted by atomic mass is 9.67. The fourth-order valence-corrected chi connectivity index (χ4v) is 13.2. The second-order valence-corrected chi connectivity index (χ2v) is 24.0. The molecule has 3 amide bonds. The Bertz CT molecular complexity index is 2900. The van der Waals surface area contributed by atoms with Gasteiger partial charge >= 0.3 is 5.97 Å². The highest BCUT2D eigenvalue weighted by atomic mass is 16.5. The molecule has 6 N–H and O–H groups in total. The number of nitrogens with zero attached hydrogens (tertiary/aromatic N) is 10. The maximum absolute atomic E-state index is 13.5. The number of fused-ring (bicyclic) bond motifs is 2. The molecule has 4 aromatic rings. The van der Waals surface area contributed by atoms with Crippen LogP contribution in [-0.2, 0) is 9.59 Å². The number of carboxylic acid groups (broad SMARTS) is 1. The summed E-state index contributed by atoms with van der Waals surface area (Å²) in [7, 11) is 11.0. The van der Waals surface area contributed by atoms with Gasteiger partial charge in [0, 0.05) is 56.9 Å². The Labute approximate surface area is 476 Å². The predicted molar refractivity (Wildman–Crippen MR) is 315 cm³/mol. The number of carboxylic acids is 1. The lowest BCUT2D eigenvalue weighted by molar-refractivity contribution is -0.132. The molecular formula is C60H84N14O7. The van der Waals surface area contributed by atoms with E-state index in [0.717, 1.165) is 113 Å². The number of likely N-dealkylation sites (tertiary alicyclic amines) is 2. The van der Waals surface area contributed by atoms with E-state index in [0.29, 0.717) is 71.5 Å². The summed E-state index contributed by atoms with van der Waals surface area (Å²) in [6, 6.07) is 11.4. The van der Waals surface area contributed by atoms with Crippen LogP contribution in [0.1, 0.15) is 136 Å². The molecule has 6 fully saturated rings. The van der Waals surface area contributed by atoms with Gasteiger partial charge in [-0.15, -0.1) is 0 Å². The van der Waals surface area contributed by atoms with Gasteiger partial charge in [0.1, 0.15) is 22.9 Å². The number of hydrogen-bond acceptors (Lipinski definition) is 17. The summed E-state index contributed by atoms with van der Waals surface area (Å²) in [5.41, 5.74) is 8.46. The van der Waals surface area contributed by atoms with Gasteiger partial charge in [0.2, 0.25) is 23.7 Å². The van der Waals surface area contributed by atoms with Crippen LogP contribution < -0.4 is 50.8 Å². The van der Waals surface area contributed by atoms with Crippen molar-refractivity contribution in [2.45, 2.75) is 140 Å². The molecule has 2 saturated heterocycles. The summed E-state index contributed by atoms with van der Waals surface area (Å²) in [6.45, 7) is 5.75. The van der Waals surface area contributed by atoms with Crippen molar-refractivity contribution in [3.05, 3.63) is 59.9 Å². The number of hydrogen-bond donors (Lipinski definition) is 5. The number of carbonyl (C=O) groups is 4. The fraction of sp³-hybridized carbons (Fsp3) is 0.600. The molecule has 2 aromatic heterocycles. The first-order valence-corrected chi connectivity index (χ1v) is 29.5. The number of aromatic carboxylic acids is 1. The maximum Gasteiger partial charge on any atom is 0.335 e. The van der Waals surface area contributed by atoms with Gasteiger partial charge in [-0.3, -0.25) is 14.4 Å². The Morgan fingerprint density at radius 1 is 0.605 bits per heavy atom. The van der Waals surface area contributed by atoms with Crippen LogP contribution in [0.25, 0.3) is 0 Å². The Kier molecular flexibility index (Phi) is 17.5. The van der Waals surface area contributed by atoms with Crippen LogP contribution in [0, 0.1) is 10.8 Å². The van der Waals surface area contributed by atoms with Gasteiger partial charge in [-0.25, -0.2) is 14.8 Å². The minimum Gasteiger partial charge on any atom is -0.495 e. The quantitative estimate of drug-likeness (QED) is 0.0962. The molecule has 4 saturated carbocycles. The van der Waals surface area contributed by atoms with Crippen molar-refractivity contribution in [3.8, 4) is 11.5 Å². The SMILES string of the molecule is CN1CCC(N)CC1.COc1cc(C(=O)NC2CCN(C)CC2)ccc1Nc1ncc2c(n1)N(C1CCCC1)CC1(CCC1)C(=O)N2C.COc1cc(C(=O)O)ccc1Nc1ncc2c(n1)N(C1CCCC1)CC1(CCC1)C(=O)N2C. The molecule has 0 unspecified atom stereocenters. The number of methoxy groups -OCH3 is 2. The van der Waals surface area contributed by atoms with Crippen LogP contribution in [0.5, 0.6) is 11.5 Å². The molecule has 4 aliphatic heterocycles. The van der Waals surface area contributed by atoms with Gasteiger partial charge in [0.15, 0.2) is 11.6 Å². The van der Waals surface area contributed by atoms with Crippen molar-refractivity contribution in [2.24, 2.45) is 16.6 Å². The second kappa shape index (κ2) is 24.7. The second-order valence-electron chi connectivity index (χ2n) is 24.0. The van der Waals surface area contributed by atoms with E-state index in [2.05, 4.69) is 59.6 Å². The van der Waals surface area contributed by atoms with E-state index in [-0.39, 0.29) is 40.2 Å². The van der Waals surface area contributed by atoms with E-state index >= 15 is 0 Å². The van der Waals surface area contributed by atoms with Crippen LogP contribution >= 0.6 is 0 Å². The van der Waals surface area contributed by atoms with Crippen LogP contribution in [0.2, 0.25) is 0 Å². The van der Waals surface area contributed by atoms with Gasteiger partial charge < -0.3 is 65.7 Å². The molecule has 0 radical (unpaired) electrons. The normalized spacial score (nSPS) is 21.3. The van der Waals surface area contributed by atoms with Crippen molar-refractivity contribution in [3.63, 3.8) is 0 Å². The van der Waals surface area contributed by atoms with Gasteiger partial charge in [-0.1, -0.05) is 38.5 Å². The van der Waals surface area contributed by atoms with Gasteiger partial charge in [0.25, 0.3) is 5.91 Å². The fourth-order valence-electron chi connectivity index (χ4n) is 13.2. The third kappa shape index (κ3) is 12.4. The number of anilines is 8. The summed E-state index contributed by atoms with van der Waals surface area (Å²) >= 11 is 0. The Morgan fingerprint density at radius 2 is 1.02 bits per heavy atom. The number of piperidine rings is 2. The zero-order valence-electron chi connectivity index (χ0n) is 48.3.